The molecule has 17 heavy (non-hydrogen) atoms. The van der Waals surface area contributed by atoms with Crippen molar-refractivity contribution in [3.8, 4) is 0 Å². The predicted octanol–water partition coefficient (Wildman–Crippen LogP) is 2.79. The van der Waals surface area contributed by atoms with E-state index < -0.39 is 11.7 Å². The molecule has 94 valence electrons. The molecule has 1 aromatic heterocycles. The van der Waals surface area contributed by atoms with Crippen LogP contribution in [-0.2, 0) is 12.6 Å². The Morgan fingerprint density at radius 2 is 2.12 bits per heavy atom. The number of halogens is 3. The van der Waals surface area contributed by atoms with E-state index in [9.17, 15) is 13.2 Å². The third-order valence-electron chi connectivity index (χ3n) is 3.02. The van der Waals surface area contributed by atoms with Crippen LogP contribution < -0.4 is 5.32 Å². The van der Waals surface area contributed by atoms with Crippen molar-refractivity contribution in [3.05, 3.63) is 29.6 Å². The Morgan fingerprint density at radius 1 is 1.29 bits per heavy atom. The van der Waals surface area contributed by atoms with Gasteiger partial charge in [-0.2, -0.15) is 13.2 Å². The summed E-state index contributed by atoms with van der Waals surface area (Å²) in [5.74, 6) is 0. The average Bonchev–Trinajstić information content (AvgIpc) is 2.30. The zero-order valence-corrected chi connectivity index (χ0v) is 9.43. The fraction of sp³-hybridized carbons (Fsp3) is 0.583. The number of rotatable bonds is 2. The number of alkyl halides is 3. The van der Waals surface area contributed by atoms with E-state index in [1.165, 1.54) is 18.9 Å². The van der Waals surface area contributed by atoms with Gasteiger partial charge < -0.3 is 5.32 Å². The number of nitrogens with zero attached hydrogens (tertiary/aromatic N) is 1. The molecule has 2 heterocycles. The van der Waals surface area contributed by atoms with Crippen LogP contribution in [0.1, 0.15) is 30.5 Å². The third kappa shape index (κ3) is 3.43. The molecule has 0 aromatic carbocycles. The van der Waals surface area contributed by atoms with Crippen molar-refractivity contribution in [1.29, 1.82) is 0 Å². The van der Waals surface area contributed by atoms with Gasteiger partial charge >= 0.3 is 6.18 Å². The van der Waals surface area contributed by atoms with Crippen molar-refractivity contribution in [2.75, 3.05) is 6.54 Å². The minimum atomic E-state index is -4.30. The van der Waals surface area contributed by atoms with Gasteiger partial charge in [-0.15, -0.1) is 0 Å². The highest BCUT2D eigenvalue weighted by Gasteiger charge is 2.30. The second-order valence-electron chi connectivity index (χ2n) is 4.39. The van der Waals surface area contributed by atoms with Gasteiger partial charge in [0.1, 0.15) is 0 Å². The van der Waals surface area contributed by atoms with Crippen molar-refractivity contribution in [2.45, 2.75) is 37.9 Å². The first kappa shape index (κ1) is 12.4. The SMILES string of the molecule is FC(F)(F)c1ccc(CC2CCCCN2)nc1. The summed E-state index contributed by atoms with van der Waals surface area (Å²) in [6.07, 6.45) is 0.753. The number of hydrogen-bond acceptors (Lipinski definition) is 2. The molecule has 0 saturated carbocycles. The van der Waals surface area contributed by atoms with E-state index in [-0.39, 0.29) is 0 Å². The zero-order valence-electron chi connectivity index (χ0n) is 9.43. The lowest BCUT2D eigenvalue weighted by Crippen LogP contribution is -2.35. The highest BCUT2D eigenvalue weighted by molar-refractivity contribution is 5.17. The van der Waals surface area contributed by atoms with Gasteiger partial charge in [-0.3, -0.25) is 4.98 Å². The first-order valence-corrected chi connectivity index (χ1v) is 5.81. The highest BCUT2D eigenvalue weighted by atomic mass is 19.4. The number of hydrogen-bond donors (Lipinski definition) is 1. The summed E-state index contributed by atoms with van der Waals surface area (Å²) >= 11 is 0. The van der Waals surface area contributed by atoms with Crippen LogP contribution in [0.25, 0.3) is 0 Å². The summed E-state index contributed by atoms with van der Waals surface area (Å²) in [5, 5.41) is 3.35. The van der Waals surface area contributed by atoms with Gasteiger partial charge in [-0.1, -0.05) is 6.42 Å². The van der Waals surface area contributed by atoms with Gasteiger partial charge in [0.15, 0.2) is 0 Å². The van der Waals surface area contributed by atoms with Crippen LogP contribution in [0.15, 0.2) is 18.3 Å². The zero-order chi connectivity index (χ0) is 12.3. The summed E-state index contributed by atoms with van der Waals surface area (Å²) in [4.78, 5) is 3.88. The Balaban J connectivity index is 1.98. The molecule has 2 rings (SSSR count). The molecule has 1 fully saturated rings. The van der Waals surface area contributed by atoms with E-state index in [0.29, 0.717) is 12.5 Å². The topological polar surface area (TPSA) is 24.9 Å². The highest BCUT2D eigenvalue weighted by Crippen LogP contribution is 2.28. The summed E-state index contributed by atoms with van der Waals surface area (Å²) < 4.78 is 37.0. The van der Waals surface area contributed by atoms with Gasteiger partial charge in [0, 0.05) is 24.4 Å². The molecule has 0 amide bonds. The van der Waals surface area contributed by atoms with Gasteiger partial charge in [-0.05, 0) is 31.5 Å². The summed E-state index contributed by atoms with van der Waals surface area (Å²) in [6.45, 7) is 0.991. The number of piperidine rings is 1. The Labute approximate surface area is 98.2 Å². The lowest BCUT2D eigenvalue weighted by atomic mass is 10.0. The molecule has 2 nitrogen and oxygen atoms in total. The number of nitrogens with one attached hydrogen (secondary N) is 1. The van der Waals surface area contributed by atoms with Crippen molar-refractivity contribution in [1.82, 2.24) is 10.3 Å². The van der Waals surface area contributed by atoms with Crippen molar-refractivity contribution < 1.29 is 13.2 Å². The van der Waals surface area contributed by atoms with E-state index in [0.717, 1.165) is 30.9 Å². The van der Waals surface area contributed by atoms with Crippen molar-refractivity contribution in [3.63, 3.8) is 0 Å². The molecule has 1 unspecified atom stereocenters. The standard InChI is InChI=1S/C12H15F3N2/c13-12(14,15)9-4-5-11(17-8-9)7-10-3-1-2-6-16-10/h4-5,8,10,16H,1-3,6-7H2. The van der Waals surface area contributed by atoms with E-state index >= 15 is 0 Å². The monoisotopic (exact) mass is 244 g/mol. The van der Waals surface area contributed by atoms with Crippen molar-refractivity contribution in [2.24, 2.45) is 0 Å². The molecule has 1 aromatic rings. The molecular formula is C12H15F3N2. The summed E-state index contributed by atoms with van der Waals surface area (Å²) in [5.41, 5.74) is 0.0373. The number of aromatic nitrogens is 1. The van der Waals surface area contributed by atoms with E-state index in [1.807, 2.05) is 0 Å². The summed E-state index contributed by atoms with van der Waals surface area (Å²) in [7, 11) is 0. The second-order valence-corrected chi connectivity index (χ2v) is 4.39. The Morgan fingerprint density at radius 3 is 2.65 bits per heavy atom. The number of pyridine rings is 1. The third-order valence-corrected chi connectivity index (χ3v) is 3.02. The van der Waals surface area contributed by atoms with Crippen LogP contribution in [-0.4, -0.2) is 17.6 Å². The van der Waals surface area contributed by atoms with Gasteiger partial charge in [0.05, 0.1) is 5.56 Å². The van der Waals surface area contributed by atoms with Crippen LogP contribution in [0.2, 0.25) is 0 Å². The Hall–Kier alpha value is -1.10. The molecule has 0 spiro atoms. The smallest absolute Gasteiger partial charge is 0.314 e. The predicted molar refractivity (Wildman–Crippen MR) is 58.6 cm³/mol. The van der Waals surface area contributed by atoms with Gasteiger partial charge in [-0.25, -0.2) is 0 Å². The van der Waals surface area contributed by atoms with Crippen LogP contribution in [0, 0.1) is 0 Å². The minimum Gasteiger partial charge on any atom is -0.314 e. The first-order valence-electron chi connectivity index (χ1n) is 5.81. The molecule has 1 N–H and O–H groups in total. The van der Waals surface area contributed by atoms with E-state index in [1.54, 1.807) is 0 Å². The largest absolute Gasteiger partial charge is 0.417 e. The van der Waals surface area contributed by atoms with E-state index in [4.69, 9.17) is 0 Å². The van der Waals surface area contributed by atoms with Crippen LogP contribution in [0.4, 0.5) is 13.2 Å². The quantitative estimate of drug-likeness (QED) is 0.865. The van der Waals surface area contributed by atoms with Crippen LogP contribution in [0.5, 0.6) is 0 Å². The average molecular weight is 244 g/mol. The first-order chi connectivity index (χ1) is 8.05. The molecule has 1 atom stereocenters. The lowest BCUT2D eigenvalue weighted by Gasteiger charge is -2.23. The molecule has 1 saturated heterocycles. The molecule has 1 aliphatic heterocycles. The maximum atomic E-state index is 12.3. The Bertz CT molecular complexity index is 353. The Kier molecular flexibility index (Phi) is 3.66. The molecule has 1 aliphatic rings. The molecular weight excluding hydrogens is 229 g/mol. The molecule has 0 radical (unpaired) electrons. The van der Waals surface area contributed by atoms with Gasteiger partial charge in [0.25, 0.3) is 0 Å². The van der Waals surface area contributed by atoms with Crippen LogP contribution in [0.3, 0.4) is 0 Å². The minimum absolute atomic E-state index is 0.355. The fourth-order valence-corrected chi connectivity index (χ4v) is 2.06. The van der Waals surface area contributed by atoms with E-state index in [2.05, 4.69) is 10.3 Å². The fourth-order valence-electron chi connectivity index (χ4n) is 2.06. The maximum Gasteiger partial charge on any atom is 0.417 e. The van der Waals surface area contributed by atoms with Gasteiger partial charge in [0.2, 0.25) is 0 Å². The molecule has 5 heteroatoms. The summed E-state index contributed by atoms with van der Waals surface area (Å²) in [6, 6.07) is 2.93. The van der Waals surface area contributed by atoms with Crippen LogP contribution >= 0.6 is 0 Å². The molecule has 0 aliphatic carbocycles. The lowest BCUT2D eigenvalue weighted by molar-refractivity contribution is -0.137. The van der Waals surface area contributed by atoms with Crippen molar-refractivity contribution >= 4 is 0 Å². The normalized spacial score (nSPS) is 21.5. The maximum absolute atomic E-state index is 12.3. The second kappa shape index (κ2) is 5.04. The molecule has 0 bridgehead atoms.